The quantitative estimate of drug-likeness (QED) is 0.859. The van der Waals surface area contributed by atoms with Crippen molar-refractivity contribution < 1.29 is 9.53 Å². The van der Waals surface area contributed by atoms with Gasteiger partial charge in [-0.25, -0.2) is 0 Å². The number of hydrogen-bond acceptors (Lipinski definition) is 3. The van der Waals surface area contributed by atoms with Crippen LogP contribution in [0.1, 0.15) is 25.3 Å². The molecule has 2 aliphatic heterocycles. The Kier molecular flexibility index (Phi) is 3.66. The van der Waals surface area contributed by atoms with E-state index in [1.54, 1.807) is 0 Å². The zero-order valence-electron chi connectivity index (χ0n) is 11.9. The molecule has 1 saturated heterocycles. The van der Waals surface area contributed by atoms with E-state index in [0.29, 0.717) is 6.61 Å². The van der Waals surface area contributed by atoms with Crippen molar-refractivity contribution in [2.45, 2.75) is 32.2 Å². The van der Waals surface area contributed by atoms with E-state index in [-0.39, 0.29) is 17.4 Å². The Bertz CT molecular complexity index is 495. The SMILES string of the molecule is CC1(C(=O)NC2COc3ccccc3C2)CCCNC1. The van der Waals surface area contributed by atoms with Gasteiger partial charge < -0.3 is 15.4 Å². The lowest BCUT2D eigenvalue weighted by atomic mass is 9.81. The Labute approximate surface area is 119 Å². The normalized spacial score (nSPS) is 29.1. The van der Waals surface area contributed by atoms with E-state index in [0.717, 1.165) is 38.1 Å². The van der Waals surface area contributed by atoms with Gasteiger partial charge in [-0.15, -0.1) is 0 Å². The van der Waals surface area contributed by atoms with Gasteiger partial charge in [-0.3, -0.25) is 4.79 Å². The summed E-state index contributed by atoms with van der Waals surface area (Å²) < 4.78 is 5.73. The number of piperidine rings is 1. The number of nitrogens with one attached hydrogen (secondary N) is 2. The highest BCUT2D eigenvalue weighted by atomic mass is 16.5. The molecule has 0 aromatic heterocycles. The molecule has 2 unspecified atom stereocenters. The first-order chi connectivity index (χ1) is 9.67. The molecule has 0 saturated carbocycles. The van der Waals surface area contributed by atoms with Crippen molar-refractivity contribution >= 4 is 5.91 Å². The lowest BCUT2D eigenvalue weighted by molar-refractivity contribution is -0.132. The van der Waals surface area contributed by atoms with Crippen molar-refractivity contribution in [3.8, 4) is 5.75 Å². The molecular weight excluding hydrogens is 252 g/mol. The van der Waals surface area contributed by atoms with Crippen LogP contribution in [-0.4, -0.2) is 31.6 Å². The van der Waals surface area contributed by atoms with Gasteiger partial charge in [-0.2, -0.15) is 0 Å². The lowest BCUT2D eigenvalue weighted by Crippen LogP contribution is -2.53. The Morgan fingerprint density at radius 2 is 2.30 bits per heavy atom. The van der Waals surface area contributed by atoms with Gasteiger partial charge >= 0.3 is 0 Å². The first-order valence-corrected chi connectivity index (χ1v) is 7.40. The van der Waals surface area contributed by atoms with Crippen LogP contribution >= 0.6 is 0 Å². The Morgan fingerprint density at radius 3 is 3.10 bits per heavy atom. The van der Waals surface area contributed by atoms with E-state index in [9.17, 15) is 4.79 Å². The number of fused-ring (bicyclic) bond motifs is 1. The first kappa shape index (κ1) is 13.4. The van der Waals surface area contributed by atoms with Crippen molar-refractivity contribution in [3.63, 3.8) is 0 Å². The summed E-state index contributed by atoms with van der Waals surface area (Å²) in [6.45, 7) is 4.39. The van der Waals surface area contributed by atoms with Gasteiger partial charge in [-0.1, -0.05) is 18.2 Å². The predicted octanol–water partition coefficient (Wildman–Crippen LogP) is 1.50. The highest BCUT2D eigenvalue weighted by Crippen LogP contribution is 2.27. The van der Waals surface area contributed by atoms with Gasteiger partial charge in [0.25, 0.3) is 0 Å². The highest BCUT2D eigenvalue weighted by molar-refractivity contribution is 5.83. The molecule has 2 atom stereocenters. The van der Waals surface area contributed by atoms with Crippen LogP contribution in [0.5, 0.6) is 5.75 Å². The fourth-order valence-corrected chi connectivity index (χ4v) is 3.03. The van der Waals surface area contributed by atoms with Crippen molar-refractivity contribution in [2.75, 3.05) is 19.7 Å². The van der Waals surface area contributed by atoms with Gasteiger partial charge in [0.2, 0.25) is 5.91 Å². The molecule has 1 amide bonds. The van der Waals surface area contributed by atoms with E-state index >= 15 is 0 Å². The average molecular weight is 274 g/mol. The topological polar surface area (TPSA) is 50.4 Å². The number of para-hydroxylation sites is 1. The smallest absolute Gasteiger partial charge is 0.227 e. The van der Waals surface area contributed by atoms with Crippen LogP contribution in [0.25, 0.3) is 0 Å². The standard InChI is InChI=1S/C16H22N2O2/c1-16(7-4-8-17-11-16)15(19)18-13-9-12-5-2-3-6-14(12)20-10-13/h2-3,5-6,13,17H,4,7-11H2,1H3,(H,18,19). The summed E-state index contributed by atoms with van der Waals surface area (Å²) in [6.07, 6.45) is 2.87. The summed E-state index contributed by atoms with van der Waals surface area (Å²) in [7, 11) is 0. The number of carbonyl (C=O) groups is 1. The molecule has 20 heavy (non-hydrogen) atoms. The van der Waals surface area contributed by atoms with Crippen molar-refractivity contribution in [1.29, 1.82) is 0 Å². The van der Waals surface area contributed by atoms with Crippen molar-refractivity contribution in [2.24, 2.45) is 5.41 Å². The molecule has 2 N–H and O–H groups in total. The fourth-order valence-electron chi connectivity index (χ4n) is 3.03. The van der Waals surface area contributed by atoms with E-state index in [1.165, 1.54) is 5.56 Å². The molecule has 4 heteroatoms. The second-order valence-electron chi connectivity index (χ2n) is 6.13. The van der Waals surface area contributed by atoms with E-state index in [1.807, 2.05) is 25.1 Å². The monoisotopic (exact) mass is 274 g/mol. The minimum atomic E-state index is -0.283. The van der Waals surface area contributed by atoms with Crippen LogP contribution in [0.4, 0.5) is 0 Å². The van der Waals surface area contributed by atoms with Gasteiger partial charge in [0, 0.05) is 6.54 Å². The third kappa shape index (κ3) is 2.66. The van der Waals surface area contributed by atoms with Gasteiger partial charge in [0.05, 0.1) is 11.5 Å². The van der Waals surface area contributed by atoms with Crippen LogP contribution in [0, 0.1) is 5.41 Å². The van der Waals surface area contributed by atoms with Crippen LogP contribution < -0.4 is 15.4 Å². The summed E-state index contributed by atoms with van der Waals surface area (Å²) in [5.41, 5.74) is 0.894. The number of hydrogen-bond donors (Lipinski definition) is 2. The molecule has 108 valence electrons. The number of benzene rings is 1. The average Bonchev–Trinajstić information content (AvgIpc) is 2.48. The summed E-state index contributed by atoms with van der Waals surface area (Å²) in [4.78, 5) is 12.5. The van der Waals surface area contributed by atoms with Crippen LogP contribution in [0.3, 0.4) is 0 Å². The minimum absolute atomic E-state index is 0.0798. The van der Waals surface area contributed by atoms with Crippen molar-refractivity contribution in [1.82, 2.24) is 10.6 Å². The molecule has 2 aliphatic rings. The Hall–Kier alpha value is -1.55. The highest BCUT2D eigenvalue weighted by Gasteiger charge is 2.36. The zero-order chi connectivity index (χ0) is 14.0. The molecule has 0 radical (unpaired) electrons. The van der Waals surface area contributed by atoms with Crippen LogP contribution in [0.2, 0.25) is 0 Å². The van der Waals surface area contributed by atoms with Crippen LogP contribution in [-0.2, 0) is 11.2 Å². The summed E-state index contributed by atoms with van der Waals surface area (Å²) in [5.74, 6) is 1.10. The van der Waals surface area contributed by atoms with E-state index in [2.05, 4.69) is 16.7 Å². The number of carbonyl (C=O) groups excluding carboxylic acids is 1. The minimum Gasteiger partial charge on any atom is -0.491 e. The molecule has 4 nitrogen and oxygen atoms in total. The fraction of sp³-hybridized carbons (Fsp3) is 0.562. The number of rotatable bonds is 2. The number of ether oxygens (including phenoxy) is 1. The zero-order valence-corrected chi connectivity index (χ0v) is 11.9. The third-order valence-electron chi connectivity index (χ3n) is 4.36. The molecule has 0 bridgehead atoms. The predicted molar refractivity (Wildman–Crippen MR) is 77.8 cm³/mol. The maximum atomic E-state index is 12.5. The third-order valence-corrected chi connectivity index (χ3v) is 4.36. The summed E-state index contributed by atoms with van der Waals surface area (Å²) >= 11 is 0. The van der Waals surface area contributed by atoms with E-state index in [4.69, 9.17) is 4.74 Å². The van der Waals surface area contributed by atoms with Gasteiger partial charge in [0.15, 0.2) is 0 Å². The summed E-state index contributed by atoms with van der Waals surface area (Å²) in [6, 6.07) is 8.12. The second-order valence-corrected chi connectivity index (χ2v) is 6.13. The maximum absolute atomic E-state index is 12.5. The number of amides is 1. The maximum Gasteiger partial charge on any atom is 0.227 e. The van der Waals surface area contributed by atoms with Gasteiger partial charge in [0.1, 0.15) is 12.4 Å². The second kappa shape index (κ2) is 5.44. The largest absolute Gasteiger partial charge is 0.491 e. The molecule has 1 fully saturated rings. The summed E-state index contributed by atoms with van der Waals surface area (Å²) in [5, 5.41) is 6.48. The molecule has 1 aromatic rings. The molecule has 3 rings (SSSR count). The van der Waals surface area contributed by atoms with Crippen molar-refractivity contribution in [3.05, 3.63) is 29.8 Å². The first-order valence-electron chi connectivity index (χ1n) is 7.40. The molecule has 1 aromatic carbocycles. The molecular formula is C16H22N2O2. The Morgan fingerprint density at radius 1 is 1.45 bits per heavy atom. The Balaban J connectivity index is 1.63. The molecule has 0 spiro atoms. The lowest BCUT2D eigenvalue weighted by Gasteiger charge is -2.35. The van der Waals surface area contributed by atoms with E-state index < -0.39 is 0 Å². The molecule has 0 aliphatic carbocycles. The van der Waals surface area contributed by atoms with Gasteiger partial charge in [-0.05, 0) is 44.4 Å². The molecule has 2 heterocycles. The van der Waals surface area contributed by atoms with Crippen LogP contribution in [0.15, 0.2) is 24.3 Å².